The number of carbonyl (C=O) groups excluding carboxylic acids is 2. The van der Waals surface area contributed by atoms with Crippen LogP contribution in [-0.2, 0) is 11.4 Å². The summed E-state index contributed by atoms with van der Waals surface area (Å²) in [6.45, 7) is 2.73. The van der Waals surface area contributed by atoms with Crippen molar-refractivity contribution in [3.63, 3.8) is 0 Å². The highest BCUT2D eigenvalue weighted by molar-refractivity contribution is 5.96. The first kappa shape index (κ1) is 16.7. The van der Waals surface area contributed by atoms with Crippen LogP contribution >= 0.6 is 0 Å². The van der Waals surface area contributed by atoms with Crippen LogP contribution in [0.25, 0.3) is 0 Å². The molecule has 0 saturated carbocycles. The molecule has 136 valence electrons. The van der Waals surface area contributed by atoms with Crippen LogP contribution < -0.4 is 10.1 Å². The van der Waals surface area contributed by atoms with Gasteiger partial charge < -0.3 is 19.4 Å². The number of carbonyl (C=O) groups is 2. The Labute approximate surface area is 152 Å². The minimum atomic E-state index is -0.0785. The molecular weight excluding hydrogens is 332 g/mol. The number of furan rings is 1. The van der Waals surface area contributed by atoms with E-state index >= 15 is 0 Å². The molecule has 1 N–H and O–H groups in total. The van der Waals surface area contributed by atoms with Crippen molar-refractivity contribution in [2.24, 2.45) is 0 Å². The van der Waals surface area contributed by atoms with Crippen LogP contribution in [0.3, 0.4) is 0 Å². The van der Waals surface area contributed by atoms with E-state index in [1.165, 1.54) is 6.26 Å². The maximum Gasteiger partial charge on any atom is 0.258 e. The Morgan fingerprint density at radius 2 is 2.00 bits per heavy atom. The molecule has 2 aliphatic heterocycles. The Balaban J connectivity index is 1.50. The zero-order valence-corrected chi connectivity index (χ0v) is 14.7. The summed E-state index contributed by atoms with van der Waals surface area (Å²) in [5.74, 6) is 1.18. The van der Waals surface area contributed by atoms with Gasteiger partial charge in [0, 0.05) is 25.0 Å². The molecule has 2 saturated heterocycles. The van der Waals surface area contributed by atoms with E-state index in [2.05, 4.69) is 5.32 Å². The van der Waals surface area contributed by atoms with Crippen molar-refractivity contribution < 1.29 is 18.7 Å². The summed E-state index contributed by atoms with van der Waals surface area (Å²) < 4.78 is 11.3. The van der Waals surface area contributed by atoms with Gasteiger partial charge in [0.25, 0.3) is 5.91 Å². The molecule has 2 aromatic rings. The van der Waals surface area contributed by atoms with Gasteiger partial charge in [-0.3, -0.25) is 9.59 Å². The molecule has 0 radical (unpaired) electrons. The third kappa shape index (κ3) is 3.19. The first-order valence-corrected chi connectivity index (χ1v) is 8.97. The molecule has 2 atom stereocenters. The monoisotopic (exact) mass is 354 g/mol. The highest BCUT2D eigenvalue weighted by Gasteiger charge is 2.41. The normalized spacial score (nSPS) is 22.0. The molecule has 6 heteroatoms. The first-order chi connectivity index (χ1) is 12.6. The number of nitrogens with zero attached hydrogens (tertiary/aromatic N) is 1. The molecule has 1 aromatic heterocycles. The lowest BCUT2D eigenvalue weighted by Crippen LogP contribution is -2.42. The second-order valence-corrected chi connectivity index (χ2v) is 6.96. The SMILES string of the molecule is Cc1ccc(OCc2occc2C(=O)N2[C@@H]3CC[C@H]2CC(=O)NC3)cc1. The predicted octanol–water partition coefficient (Wildman–Crippen LogP) is 2.66. The second-order valence-electron chi connectivity index (χ2n) is 6.96. The van der Waals surface area contributed by atoms with Crippen molar-refractivity contribution in [2.75, 3.05) is 6.54 Å². The van der Waals surface area contributed by atoms with Crippen LogP contribution in [0.1, 0.15) is 40.9 Å². The summed E-state index contributed by atoms with van der Waals surface area (Å²) in [5.41, 5.74) is 1.68. The van der Waals surface area contributed by atoms with E-state index in [-0.39, 0.29) is 30.5 Å². The standard InChI is InChI=1S/C20H22N2O4/c1-13-2-6-16(7-3-13)26-12-18-17(8-9-25-18)20(24)22-14-4-5-15(22)11-21-19(23)10-14/h2-3,6-9,14-15H,4-5,10-12H2,1H3,(H,21,23)/t14-,15+/m0/s1. The third-order valence-corrected chi connectivity index (χ3v) is 5.18. The molecular formula is C20H22N2O4. The molecule has 3 heterocycles. The molecule has 26 heavy (non-hydrogen) atoms. The van der Waals surface area contributed by atoms with Crippen LogP contribution in [0, 0.1) is 6.92 Å². The molecule has 4 rings (SSSR count). The van der Waals surface area contributed by atoms with Gasteiger partial charge in [0.15, 0.2) is 5.76 Å². The highest BCUT2D eigenvalue weighted by Crippen LogP contribution is 2.31. The van der Waals surface area contributed by atoms with Crippen molar-refractivity contribution in [3.8, 4) is 5.75 Å². The van der Waals surface area contributed by atoms with Gasteiger partial charge in [0.05, 0.1) is 11.8 Å². The molecule has 6 nitrogen and oxygen atoms in total. The lowest BCUT2D eigenvalue weighted by molar-refractivity contribution is -0.121. The molecule has 0 aliphatic carbocycles. The molecule has 0 spiro atoms. The van der Waals surface area contributed by atoms with Gasteiger partial charge >= 0.3 is 0 Å². The highest BCUT2D eigenvalue weighted by atomic mass is 16.5. The Hall–Kier alpha value is -2.76. The average Bonchev–Trinajstić information content (AvgIpc) is 3.21. The zero-order chi connectivity index (χ0) is 18.1. The number of hydrogen-bond donors (Lipinski definition) is 1. The van der Waals surface area contributed by atoms with Gasteiger partial charge in [-0.1, -0.05) is 17.7 Å². The van der Waals surface area contributed by atoms with Crippen LogP contribution in [0.15, 0.2) is 41.0 Å². The van der Waals surface area contributed by atoms with E-state index in [1.807, 2.05) is 36.1 Å². The number of rotatable bonds is 4. The van der Waals surface area contributed by atoms with E-state index < -0.39 is 0 Å². The van der Waals surface area contributed by atoms with Crippen LogP contribution in [0.2, 0.25) is 0 Å². The Bertz CT molecular complexity index is 811. The Morgan fingerprint density at radius 1 is 1.23 bits per heavy atom. The van der Waals surface area contributed by atoms with Gasteiger partial charge in [0.1, 0.15) is 12.4 Å². The van der Waals surface area contributed by atoms with Crippen molar-refractivity contribution in [3.05, 3.63) is 53.5 Å². The lowest BCUT2D eigenvalue weighted by atomic mass is 10.1. The maximum atomic E-state index is 13.1. The van der Waals surface area contributed by atoms with Crippen LogP contribution in [0.4, 0.5) is 0 Å². The van der Waals surface area contributed by atoms with Crippen LogP contribution in [-0.4, -0.2) is 35.3 Å². The topological polar surface area (TPSA) is 71.8 Å². The number of amides is 2. The average molecular weight is 354 g/mol. The minimum absolute atomic E-state index is 0.0186. The van der Waals surface area contributed by atoms with Crippen LogP contribution in [0.5, 0.6) is 5.75 Å². The largest absolute Gasteiger partial charge is 0.486 e. The molecule has 0 unspecified atom stereocenters. The number of fused-ring (bicyclic) bond motifs is 2. The van der Waals surface area contributed by atoms with Crippen molar-refractivity contribution >= 4 is 11.8 Å². The molecule has 2 fully saturated rings. The summed E-state index contributed by atoms with van der Waals surface area (Å²) >= 11 is 0. The quantitative estimate of drug-likeness (QED) is 0.916. The fourth-order valence-electron chi connectivity index (χ4n) is 3.78. The number of nitrogens with one attached hydrogen (secondary N) is 1. The molecule has 2 bridgehead atoms. The predicted molar refractivity (Wildman–Crippen MR) is 94.8 cm³/mol. The minimum Gasteiger partial charge on any atom is -0.486 e. The van der Waals surface area contributed by atoms with Gasteiger partial charge in [0.2, 0.25) is 5.91 Å². The van der Waals surface area contributed by atoms with Gasteiger partial charge in [-0.2, -0.15) is 0 Å². The van der Waals surface area contributed by atoms with E-state index in [4.69, 9.17) is 9.15 Å². The van der Waals surface area contributed by atoms with Gasteiger partial charge in [-0.15, -0.1) is 0 Å². The lowest BCUT2D eigenvalue weighted by Gasteiger charge is -2.27. The fraction of sp³-hybridized carbons (Fsp3) is 0.400. The Morgan fingerprint density at radius 3 is 2.81 bits per heavy atom. The first-order valence-electron chi connectivity index (χ1n) is 8.97. The smallest absolute Gasteiger partial charge is 0.258 e. The summed E-state index contributed by atoms with van der Waals surface area (Å²) in [7, 11) is 0. The number of hydrogen-bond acceptors (Lipinski definition) is 4. The summed E-state index contributed by atoms with van der Waals surface area (Å²) in [6, 6.07) is 9.45. The third-order valence-electron chi connectivity index (χ3n) is 5.18. The van der Waals surface area contributed by atoms with E-state index in [9.17, 15) is 9.59 Å². The summed E-state index contributed by atoms with van der Waals surface area (Å²) in [5, 5.41) is 2.89. The Kier molecular flexibility index (Phi) is 4.41. The maximum absolute atomic E-state index is 13.1. The van der Waals surface area contributed by atoms with E-state index in [1.54, 1.807) is 6.07 Å². The second kappa shape index (κ2) is 6.86. The molecule has 1 aromatic carbocycles. The molecule has 2 amide bonds. The fourth-order valence-corrected chi connectivity index (χ4v) is 3.78. The van der Waals surface area contributed by atoms with Crippen molar-refractivity contribution in [1.82, 2.24) is 10.2 Å². The van der Waals surface area contributed by atoms with E-state index in [0.717, 1.165) is 24.2 Å². The van der Waals surface area contributed by atoms with Gasteiger partial charge in [-0.25, -0.2) is 0 Å². The van der Waals surface area contributed by atoms with Crippen molar-refractivity contribution in [2.45, 2.75) is 44.9 Å². The van der Waals surface area contributed by atoms with Crippen molar-refractivity contribution in [1.29, 1.82) is 0 Å². The number of aryl methyl sites for hydroxylation is 1. The number of benzene rings is 1. The number of ether oxygens (including phenoxy) is 1. The van der Waals surface area contributed by atoms with Gasteiger partial charge in [-0.05, 0) is 38.0 Å². The van der Waals surface area contributed by atoms with E-state index in [0.29, 0.717) is 24.3 Å². The summed E-state index contributed by atoms with van der Waals surface area (Å²) in [6.07, 6.45) is 3.68. The summed E-state index contributed by atoms with van der Waals surface area (Å²) in [4.78, 5) is 26.8. The molecule has 2 aliphatic rings. The zero-order valence-electron chi connectivity index (χ0n) is 14.7.